The van der Waals surface area contributed by atoms with Crippen LogP contribution in [-0.2, 0) is 0 Å². The summed E-state index contributed by atoms with van der Waals surface area (Å²) in [6.07, 6.45) is 0. The van der Waals surface area contributed by atoms with Gasteiger partial charge in [0.05, 0.1) is 13.2 Å². The largest absolute Gasteiger partial charge is 0.496 e. The summed E-state index contributed by atoms with van der Waals surface area (Å²) < 4.78 is 5.25. The molecule has 0 aliphatic rings. The van der Waals surface area contributed by atoms with Gasteiger partial charge in [0.25, 0.3) is 5.91 Å². The second-order valence-corrected chi connectivity index (χ2v) is 4.79. The smallest absolute Gasteiger partial charge is 0.251 e. The lowest BCUT2D eigenvalue weighted by Gasteiger charge is -2.15. The zero-order valence-electron chi connectivity index (χ0n) is 12.0. The third-order valence-corrected chi connectivity index (χ3v) is 3.32. The Kier molecular flexibility index (Phi) is 4.41. The minimum absolute atomic E-state index is 0.0315. The van der Waals surface area contributed by atoms with E-state index in [2.05, 4.69) is 5.32 Å². The summed E-state index contributed by atoms with van der Waals surface area (Å²) in [4.78, 5) is 12.2. The third kappa shape index (κ3) is 3.18. The molecule has 0 aliphatic carbocycles. The summed E-state index contributed by atoms with van der Waals surface area (Å²) in [7, 11) is 1.61. The van der Waals surface area contributed by atoms with Crippen LogP contribution in [0.25, 0.3) is 0 Å². The molecule has 0 spiro atoms. The molecule has 20 heavy (non-hydrogen) atoms. The molecule has 2 aromatic rings. The average Bonchev–Trinajstić information content (AvgIpc) is 2.48. The van der Waals surface area contributed by atoms with E-state index in [9.17, 15) is 4.79 Å². The topological polar surface area (TPSA) is 38.3 Å². The fraction of sp³-hybridized carbons (Fsp3) is 0.235. The van der Waals surface area contributed by atoms with E-state index in [0.717, 1.165) is 16.9 Å². The van der Waals surface area contributed by atoms with Crippen molar-refractivity contribution in [2.24, 2.45) is 0 Å². The fourth-order valence-corrected chi connectivity index (χ4v) is 2.07. The quantitative estimate of drug-likeness (QED) is 0.922. The SMILES string of the molecule is COc1cc(C(=O)N[C@@H](C)c2ccccc2)ccc1C. The van der Waals surface area contributed by atoms with Crippen molar-refractivity contribution < 1.29 is 9.53 Å². The van der Waals surface area contributed by atoms with Crippen LogP contribution in [0.4, 0.5) is 0 Å². The number of nitrogens with one attached hydrogen (secondary N) is 1. The highest BCUT2D eigenvalue weighted by Crippen LogP contribution is 2.20. The van der Waals surface area contributed by atoms with E-state index in [0.29, 0.717) is 5.56 Å². The van der Waals surface area contributed by atoms with E-state index in [4.69, 9.17) is 4.74 Å². The van der Waals surface area contributed by atoms with Crippen LogP contribution in [-0.4, -0.2) is 13.0 Å². The van der Waals surface area contributed by atoms with E-state index in [1.807, 2.05) is 56.3 Å². The molecule has 0 saturated carbocycles. The number of carbonyl (C=O) groups excluding carboxylic acids is 1. The highest BCUT2D eigenvalue weighted by Gasteiger charge is 2.12. The Hall–Kier alpha value is -2.29. The van der Waals surface area contributed by atoms with Gasteiger partial charge in [-0.1, -0.05) is 36.4 Å². The average molecular weight is 269 g/mol. The molecule has 2 aromatic carbocycles. The lowest BCUT2D eigenvalue weighted by Crippen LogP contribution is -2.26. The lowest BCUT2D eigenvalue weighted by molar-refractivity contribution is 0.0939. The number of amides is 1. The fourth-order valence-electron chi connectivity index (χ4n) is 2.07. The molecule has 3 heteroatoms. The first-order valence-corrected chi connectivity index (χ1v) is 6.62. The first kappa shape index (κ1) is 14.1. The summed E-state index contributed by atoms with van der Waals surface area (Å²) in [6.45, 7) is 3.92. The minimum atomic E-state index is -0.0975. The molecule has 0 aromatic heterocycles. The molecule has 0 aliphatic heterocycles. The number of aryl methyl sites for hydroxylation is 1. The maximum absolute atomic E-state index is 12.2. The molecule has 0 fully saturated rings. The van der Waals surface area contributed by atoms with Gasteiger partial charge in [-0.3, -0.25) is 4.79 Å². The molecule has 3 nitrogen and oxygen atoms in total. The molecule has 0 saturated heterocycles. The molecule has 0 heterocycles. The Morgan fingerprint density at radius 3 is 2.50 bits per heavy atom. The predicted molar refractivity (Wildman–Crippen MR) is 80.1 cm³/mol. The van der Waals surface area contributed by atoms with Gasteiger partial charge in [-0.2, -0.15) is 0 Å². The molecule has 0 unspecified atom stereocenters. The van der Waals surface area contributed by atoms with Crippen LogP contribution in [0, 0.1) is 6.92 Å². The highest BCUT2D eigenvalue weighted by molar-refractivity contribution is 5.95. The van der Waals surface area contributed by atoms with E-state index < -0.39 is 0 Å². The lowest BCUT2D eigenvalue weighted by atomic mass is 10.1. The van der Waals surface area contributed by atoms with Crippen molar-refractivity contribution in [2.45, 2.75) is 19.9 Å². The van der Waals surface area contributed by atoms with E-state index in [-0.39, 0.29) is 11.9 Å². The maximum atomic E-state index is 12.2. The Balaban J connectivity index is 2.12. The van der Waals surface area contributed by atoms with E-state index in [1.54, 1.807) is 13.2 Å². The van der Waals surface area contributed by atoms with Gasteiger partial charge in [0, 0.05) is 5.56 Å². The van der Waals surface area contributed by atoms with Crippen molar-refractivity contribution in [3.63, 3.8) is 0 Å². The Morgan fingerprint density at radius 2 is 1.85 bits per heavy atom. The monoisotopic (exact) mass is 269 g/mol. The van der Waals surface area contributed by atoms with Gasteiger partial charge in [0.1, 0.15) is 5.75 Å². The predicted octanol–water partition coefficient (Wildman–Crippen LogP) is 3.49. The molecule has 0 radical (unpaired) electrons. The number of methoxy groups -OCH3 is 1. The molecular weight excluding hydrogens is 250 g/mol. The Bertz CT molecular complexity index is 593. The van der Waals surface area contributed by atoms with Crippen molar-refractivity contribution in [1.82, 2.24) is 5.32 Å². The molecule has 2 rings (SSSR count). The number of hydrogen-bond acceptors (Lipinski definition) is 2. The maximum Gasteiger partial charge on any atom is 0.251 e. The standard InChI is InChI=1S/C17H19NO2/c1-12-9-10-15(11-16(12)20-3)17(19)18-13(2)14-7-5-4-6-8-14/h4-11,13H,1-3H3,(H,18,19)/t13-/m0/s1. The second kappa shape index (κ2) is 6.24. The first-order chi connectivity index (χ1) is 9.61. The molecule has 1 atom stereocenters. The summed E-state index contributed by atoms with van der Waals surface area (Å²) in [5.74, 6) is 0.629. The Labute approximate surface area is 119 Å². The van der Waals surface area contributed by atoms with Crippen LogP contribution in [0.1, 0.15) is 34.5 Å². The van der Waals surface area contributed by atoms with Crippen LogP contribution in [0.15, 0.2) is 48.5 Å². The van der Waals surface area contributed by atoms with Gasteiger partial charge in [-0.25, -0.2) is 0 Å². The number of rotatable bonds is 4. The van der Waals surface area contributed by atoms with Crippen LogP contribution >= 0.6 is 0 Å². The zero-order chi connectivity index (χ0) is 14.5. The summed E-state index contributed by atoms with van der Waals surface area (Å²) >= 11 is 0. The number of carbonyl (C=O) groups is 1. The zero-order valence-corrected chi connectivity index (χ0v) is 12.0. The number of hydrogen-bond donors (Lipinski definition) is 1. The van der Waals surface area contributed by atoms with Crippen LogP contribution in [0.3, 0.4) is 0 Å². The Morgan fingerprint density at radius 1 is 1.15 bits per heavy atom. The van der Waals surface area contributed by atoms with E-state index in [1.165, 1.54) is 0 Å². The number of benzene rings is 2. The van der Waals surface area contributed by atoms with Gasteiger partial charge in [-0.15, -0.1) is 0 Å². The van der Waals surface area contributed by atoms with Crippen LogP contribution in [0.2, 0.25) is 0 Å². The van der Waals surface area contributed by atoms with Crippen molar-refractivity contribution in [1.29, 1.82) is 0 Å². The molecule has 1 amide bonds. The van der Waals surface area contributed by atoms with Crippen LogP contribution < -0.4 is 10.1 Å². The first-order valence-electron chi connectivity index (χ1n) is 6.62. The van der Waals surface area contributed by atoms with E-state index >= 15 is 0 Å². The summed E-state index contributed by atoms with van der Waals surface area (Å²) in [5, 5.41) is 2.99. The van der Waals surface area contributed by atoms with Crippen molar-refractivity contribution in [3.05, 3.63) is 65.2 Å². The third-order valence-electron chi connectivity index (χ3n) is 3.32. The normalized spacial score (nSPS) is 11.8. The second-order valence-electron chi connectivity index (χ2n) is 4.79. The van der Waals surface area contributed by atoms with Crippen molar-refractivity contribution in [3.8, 4) is 5.75 Å². The van der Waals surface area contributed by atoms with Gasteiger partial charge >= 0.3 is 0 Å². The van der Waals surface area contributed by atoms with Gasteiger partial charge in [0.2, 0.25) is 0 Å². The number of ether oxygens (including phenoxy) is 1. The van der Waals surface area contributed by atoms with Gasteiger partial charge < -0.3 is 10.1 Å². The molecule has 1 N–H and O–H groups in total. The van der Waals surface area contributed by atoms with Crippen molar-refractivity contribution in [2.75, 3.05) is 7.11 Å². The van der Waals surface area contributed by atoms with Crippen LogP contribution in [0.5, 0.6) is 5.75 Å². The molecule has 104 valence electrons. The summed E-state index contributed by atoms with van der Waals surface area (Å²) in [5.41, 5.74) is 2.70. The minimum Gasteiger partial charge on any atom is -0.496 e. The van der Waals surface area contributed by atoms with Crippen molar-refractivity contribution >= 4 is 5.91 Å². The molecular formula is C17H19NO2. The summed E-state index contributed by atoms with van der Waals surface area (Å²) in [6, 6.07) is 15.3. The molecule has 0 bridgehead atoms. The van der Waals surface area contributed by atoms with Gasteiger partial charge in [-0.05, 0) is 37.1 Å². The van der Waals surface area contributed by atoms with Gasteiger partial charge in [0.15, 0.2) is 0 Å². The highest BCUT2D eigenvalue weighted by atomic mass is 16.5.